The Morgan fingerprint density at radius 2 is 1.89 bits per heavy atom. The summed E-state index contributed by atoms with van der Waals surface area (Å²) in [6.45, 7) is 0. The summed E-state index contributed by atoms with van der Waals surface area (Å²) in [7, 11) is -3.80. The van der Waals surface area contributed by atoms with E-state index in [4.69, 9.17) is 5.11 Å². The highest BCUT2D eigenvalue weighted by atomic mass is 79.9. The summed E-state index contributed by atoms with van der Waals surface area (Å²) in [5, 5.41) is 8.73. The zero-order valence-corrected chi connectivity index (χ0v) is 11.8. The Bertz CT molecular complexity index is 707. The normalized spacial score (nSPS) is 11.2. The van der Waals surface area contributed by atoms with Crippen molar-refractivity contribution in [3.05, 3.63) is 46.7 Å². The average Bonchev–Trinajstić information content (AvgIpc) is 2.82. The van der Waals surface area contributed by atoms with E-state index in [9.17, 15) is 13.2 Å². The number of rotatable bonds is 4. The summed E-state index contributed by atoms with van der Waals surface area (Å²) in [6.07, 6.45) is 1.13. The molecule has 2 aromatic rings. The van der Waals surface area contributed by atoms with Gasteiger partial charge >= 0.3 is 5.97 Å². The third-order valence-electron chi connectivity index (χ3n) is 2.29. The van der Waals surface area contributed by atoms with Gasteiger partial charge in [0.25, 0.3) is 10.0 Å². The molecule has 1 aromatic heterocycles. The minimum absolute atomic E-state index is 0.132. The number of aromatic carboxylic acids is 1. The summed E-state index contributed by atoms with van der Waals surface area (Å²) in [4.78, 5) is 12.9. The smallest absolute Gasteiger partial charge is 0.352 e. The van der Waals surface area contributed by atoms with Crippen LogP contribution in [0.25, 0.3) is 0 Å². The maximum atomic E-state index is 12.0. The summed E-state index contributed by atoms with van der Waals surface area (Å²) in [5.41, 5.74) is 0.206. The Balaban J connectivity index is 2.26. The summed E-state index contributed by atoms with van der Waals surface area (Å²) in [6, 6.07) is 7.62. The predicted molar refractivity (Wildman–Crippen MR) is 72.7 cm³/mol. The fourth-order valence-electron chi connectivity index (χ4n) is 1.39. The lowest BCUT2D eigenvalue weighted by Gasteiger charge is -2.05. The molecule has 0 spiro atoms. The highest BCUT2D eigenvalue weighted by Crippen LogP contribution is 2.19. The van der Waals surface area contributed by atoms with Gasteiger partial charge in [0.2, 0.25) is 0 Å². The van der Waals surface area contributed by atoms with E-state index in [2.05, 4.69) is 25.6 Å². The molecule has 1 heterocycles. The van der Waals surface area contributed by atoms with E-state index in [-0.39, 0.29) is 10.6 Å². The number of hydrogen-bond donors (Lipinski definition) is 3. The van der Waals surface area contributed by atoms with Gasteiger partial charge in [-0.2, -0.15) is 0 Å². The van der Waals surface area contributed by atoms with E-state index in [1.165, 1.54) is 0 Å². The number of anilines is 1. The summed E-state index contributed by atoms with van der Waals surface area (Å²) >= 11 is 3.24. The van der Waals surface area contributed by atoms with E-state index < -0.39 is 16.0 Å². The summed E-state index contributed by atoms with van der Waals surface area (Å²) in [5.74, 6) is -1.22. The molecular weight excluding hydrogens is 336 g/mol. The van der Waals surface area contributed by atoms with E-state index in [1.54, 1.807) is 24.3 Å². The van der Waals surface area contributed by atoms with E-state index in [0.29, 0.717) is 5.69 Å². The number of aromatic nitrogens is 1. The minimum atomic E-state index is -3.80. The number of carboxylic acid groups (broad SMARTS) is 1. The summed E-state index contributed by atoms with van der Waals surface area (Å²) < 4.78 is 27.2. The number of sulfonamides is 1. The van der Waals surface area contributed by atoms with Crippen molar-refractivity contribution in [1.82, 2.24) is 4.98 Å². The number of halogens is 1. The van der Waals surface area contributed by atoms with Gasteiger partial charge in [-0.3, -0.25) is 4.72 Å². The molecule has 0 unspecified atom stereocenters. The molecular formula is C11H9BrN2O4S. The monoisotopic (exact) mass is 344 g/mol. The number of carboxylic acids is 1. The van der Waals surface area contributed by atoms with Crippen molar-refractivity contribution in [3.8, 4) is 0 Å². The van der Waals surface area contributed by atoms with Crippen molar-refractivity contribution in [2.75, 3.05) is 4.72 Å². The number of H-pyrrole nitrogens is 1. The SMILES string of the molecule is O=C(O)c1cc(S(=O)(=O)Nc2ccc(Br)cc2)c[nH]1. The molecule has 19 heavy (non-hydrogen) atoms. The number of hydrogen-bond acceptors (Lipinski definition) is 3. The molecule has 0 aliphatic carbocycles. The van der Waals surface area contributed by atoms with Crippen molar-refractivity contribution >= 4 is 37.6 Å². The first-order valence-corrected chi connectivity index (χ1v) is 7.36. The van der Waals surface area contributed by atoms with E-state index in [1.807, 2.05) is 0 Å². The topological polar surface area (TPSA) is 99.3 Å². The van der Waals surface area contributed by atoms with E-state index >= 15 is 0 Å². The molecule has 2 rings (SSSR count). The minimum Gasteiger partial charge on any atom is -0.477 e. The molecule has 0 saturated carbocycles. The van der Waals surface area contributed by atoms with Gasteiger partial charge in [0.1, 0.15) is 10.6 Å². The number of benzene rings is 1. The Morgan fingerprint density at radius 1 is 1.26 bits per heavy atom. The van der Waals surface area contributed by atoms with Crippen LogP contribution < -0.4 is 4.72 Å². The van der Waals surface area contributed by atoms with Crippen LogP contribution in [0.4, 0.5) is 5.69 Å². The van der Waals surface area contributed by atoms with Crippen LogP contribution in [-0.2, 0) is 10.0 Å². The Labute approximate surface area is 117 Å². The first-order valence-electron chi connectivity index (χ1n) is 5.08. The lowest BCUT2D eigenvalue weighted by molar-refractivity contribution is 0.0691. The Hall–Kier alpha value is -1.80. The Morgan fingerprint density at radius 3 is 2.42 bits per heavy atom. The molecule has 0 aliphatic rings. The molecule has 1 aromatic carbocycles. The van der Waals surface area contributed by atoms with Crippen molar-refractivity contribution in [2.24, 2.45) is 0 Å². The molecule has 0 fully saturated rings. The maximum absolute atomic E-state index is 12.0. The molecule has 3 N–H and O–H groups in total. The predicted octanol–water partition coefficient (Wildman–Crippen LogP) is 2.28. The van der Waals surface area contributed by atoms with Gasteiger partial charge in [0.05, 0.1) is 0 Å². The van der Waals surface area contributed by atoms with Crippen LogP contribution in [0.3, 0.4) is 0 Å². The van der Waals surface area contributed by atoms with Crippen molar-refractivity contribution in [2.45, 2.75) is 4.90 Å². The Kier molecular flexibility index (Phi) is 3.63. The van der Waals surface area contributed by atoms with Gasteiger partial charge in [-0.05, 0) is 30.3 Å². The molecule has 0 bridgehead atoms. The molecule has 0 aliphatic heterocycles. The molecule has 6 nitrogen and oxygen atoms in total. The van der Waals surface area contributed by atoms with Gasteiger partial charge in [-0.15, -0.1) is 0 Å². The van der Waals surface area contributed by atoms with Crippen LogP contribution >= 0.6 is 15.9 Å². The fourth-order valence-corrected chi connectivity index (χ4v) is 2.70. The lowest BCUT2D eigenvalue weighted by Crippen LogP contribution is -2.12. The van der Waals surface area contributed by atoms with Gasteiger partial charge in [0.15, 0.2) is 0 Å². The molecule has 8 heteroatoms. The van der Waals surface area contributed by atoms with Crippen molar-refractivity contribution < 1.29 is 18.3 Å². The third kappa shape index (κ3) is 3.15. The lowest BCUT2D eigenvalue weighted by atomic mass is 10.3. The number of nitrogens with one attached hydrogen (secondary N) is 2. The van der Waals surface area contributed by atoms with Gasteiger partial charge in [-0.25, -0.2) is 13.2 Å². The number of carbonyl (C=O) groups is 1. The van der Waals surface area contributed by atoms with Crippen molar-refractivity contribution in [3.63, 3.8) is 0 Å². The zero-order valence-electron chi connectivity index (χ0n) is 9.42. The van der Waals surface area contributed by atoms with Crippen LogP contribution in [0.15, 0.2) is 45.9 Å². The highest BCUT2D eigenvalue weighted by molar-refractivity contribution is 9.10. The van der Waals surface area contributed by atoms with Crippen LogP contribution in [0.1, 0.15) is 10.5 Å². The molecule has 0 saturated heterocycles. The van der Waals surface area contributed by atoms with Crippen LogP contribution in [0, 0.1) is 0 Å². The first kappa shape index (κ1) is 13.6. The van der Waals surface area contributed by atoms with Gasteiger partial charge in [0, 0.05) is 16.4 Å². The molecule has 0 atom stereocenters. The second-order valence-electron chi connectivity index (χ2n) is 3.67. The quantitative estimate of drug-likeness (QED) is 0.792. The molecule has 100 valence electrons. The van der Waals surface area contributed by atoms with Crippen LogP contribution in [-0.4, -0.2) is 24.5 Å². The van der Waals surface area contributed by atoms with Crippen LogP contribution in [0.5, 0.6) is 0 Å². The largest absolute Gasteiger partial charge is 0.477 e. The zero-order chi connectivity index (χ0) is 14.0. The second kappa shape index (κ2) is 5.06. The van der Waals surface area contributed by atoms with E-state index in [0.717, 1.165) is 16.7 Å². The fraction of sp³-hybridized carbons (Fsp3) is 0. The third-order valence-corrected chi connectivity index (χ3v) is 4.18. The average molecular weight is 345 g/mol. The highest BCUT2D eigenvalue weighted by Gasteiger charge is 2.18. The standard InChI is InChI=1S/C11H9BrN2O4S/c12-7-1-3-8(4-2-7)14-19(17,18)9-5-10(11(15)16)13-6-9/h1-6,13-14H,(H,15,16). The number of aromatic amines is 1. The first-order chi connectivity index (χ1) is 8.88. The molecule has 0 amide bonds. The molecule has 0 radical (unpaired) electrons. The maximum Gasteiger partial charge on any atom is 0.352 e. The van der Waals surface area contributed by atoms with Crippen LogP contribution in [0.2, 0.25) is 0 Å². The van der Waals surface area contributed by atoms with Gasteiger partial charge in [-0.1, -0.05) is 15.9 Å². The second-order valence-corrected chi connectivity index (χ2v) is 6.26. The van der Waals surface area contributed by atoms with Gasteiger partial charge < -0.3 is 10.1 Å². The van der Waals surface area contributed by atoms with Crippen molar-refractivity contribution in [1.29, 1.82) is 0 Å².